The molecule has 1 amide bonds. The first kappa shape index (κ1) is 24.4. The van der Waals surface area contributed by atoms with Gasteiger partial charge in [0.05, 0.1) is 23.9 Å². The van der Waals surface area contributed by atoms with Crippen molar-refractivity contribution in [1.82, 2.24) is 4.98 Å². The first-order valence-corrected chi connectivity index (χ1v) is 10.9. The summed E-state index contributed by atoms with van der Waals surface area (Å²) in [5.41, 5.74) is 8.02. The van der Waals surface area contributed by atoms with Gasteiger partial charge in [-0.05, 0) is 52.5 Å². The van der Waals surface area contributed by atoms with Gasteiger partial charge in [0, 0.05) is 29.7 Å². The maximum atomic E-state index is 13.2. The van der Waals surface area contributed by atoms with E-state index < -0.39 is 11.7 Å². The Morgan fingerprint density at radius 1 is 0.944 bits per heavy atom. The summed E-state index contributed by atoms with van der Waals surface area (Å²) in [6, 6.07) is 19.4. The third-order valence-electron chi connectivity index (χ3n) is 5.12. The molecule has 0 atom stereocenters. The molecule has 5 N–H and O–H groups in total. The molecule has 0 aliphatic rings. The highest BCUT2D eigenvalue weighted by atomic mass is 19.4. The number of para-hydroxylation sites is 1. The third-order valence-corrected chi connectivity index (χ3v) is 5.12. The molecule has 7 nitrogen and oxygen atoms in total. The molecule has 0 bridgehead atoms. The van der Waals surface area contributed by atoms with Gasteiger partial charge in [0.2, 0.25) is 5.91 Å². The predicted octanol–water partition coefficient (Wildman–Crippen LogP) is 4.82. The van der Waals surface area contributed by atoms with E-state index in [0.717, 1.165) is 22.8 Å². The molecule has 0 spiro atoms. The quantitative estimate of drug-likeness (QED) is 0.266. The molecule has 0 fully saturated rings. The van der Waals surface area contributed by atoms with Gasteiger partial charge in [-0.15, -0.1) is 0 Å². The number of hydrogen-bond acceptors (Lipinski definition) is 3. The van der Waals surface area contributed by atoms with Gasteiger partial charge in [0.15, 0.2) is 0 Å². The van der Waals surface area contributed by atoms with Crippen LogP contribution in [0.5, 0.6) is 0 Å². The number of anilines is 2. The topological polar surface area (TPSA) is 107 Å². The molecule has 0 saturated heterocycles. The van der Waals surface area contributed by atoms with Crippen LogP contribution in [0.1, 0.15) is 11.1 Å². The van der Waals surface area contributed by atoms with E-state index in [1.807, 2.05) is 18.2 Å². The summed E-state index contributed by atoms with van der Waals surface area (Å²) in [6.45, 7) is 0. The molecule has 0 aliphatic heterocycles. The Balaban J connectivity index is 1.39. The average Bonchev–Trinajstić information content (AvgIpc) is 2.85. The van der Waals surface area contributed by atoms with E-state index in [2.05, 4.69) is 25.6 Å². The molecule has 36 heavy (non-hydrogen) atoms. The first-order valence-electron chi connectivity index (χ1n) is 10.9. The Kier molecular flexibility index (Phi) is 7.24. The number of aliphatic imine (C=N–C) groups is 1. The zero-order chi connectivity index (χ0) is 25.5. The van der Waals surface area contributed by atoms with E-state index >= 15 is 0 Å². The number of alkyl halides is 3. The molecule has 2 aromatic carbocycles. The largest absolute Gasteiger partial charge is 0.418 e. The number of aromatic amines is 1. The summed E-state index contributed by atoms with van der Waals surface area (Å²) in [7, 11) is 0. The van der Waals surface area contributed by atoms with Crippen LogP contribution < -0.4 is 21.4 Å². The molecular formula is C26H22F3N6O+. The number of pyridine rings is 2. The van der Waals surface area contributed by atoms with Crippen LogP contribution in [0.4, 0.5) is 30.4 Å². The lowest BCUT2D eigenvalue weighted by Gasteiger charge is -2.12. The number of nitrogens with one attached hydrogen (secondary N) is 3. The molecule has 4 rings (SSSR count). The van der Waals surface area contributed by atoms with Crippen LogP contribution in [0, 0.1) is 0 Å². The molecule has 0 unspecified atom stereocenters. The number of carbonyl (C=O) groups excluding carboxylic acids is 1. The monoisotopic (exact) mass is 491 g/mol. The molecular weight excluding hydrogens is 469 g/mol. The highest BCUT2D eigenvalue weighted by Gasteiger charge is 2.33. The summed E-state index contributed by atoms with van der Waals surface area (Å²) < 4.78 is 39.5. The molecule has 2 heterocycles. The number of aromatic nitrogens is 2. The highest BCUT2D eigenvalue weighted by Crippen LogP contribution is 2.34. The zero-order valence-corrected chi connectivity index (χ0v) is 18.9. The van der Waals surface area contributed by atoms with Crippen LogP contribution in [-0.2, 0) is 17.4 Å². The van der Waals surface area contributed by atoms with Gasteiger partial charge in [-0.25, -0.2) is 4.98 Å². The smallest absolute Gasteiger partial charge is 0.348 e. The van der Waals surface area contributed by atoms with Gasteiger partial charge < -0.3 is 16.4 Å². The second-order valence-electron chi connectivity index (χ2n) is 7.79. The number of H-pyrrole nitrogens is 1. The Morgan fingerprint density at radius 3 is 2.36 bits per heavy atom. The fourth-order valence-electron chi connectivity index (χ4n) is 3.44. The van der Waals surface area contributed by atoms with Crippen molar-refractivity contribution in [3.8, 4) is 11.1 Å². The fraction of sp³-hybridized carbons (Fsp3) is 0.0769. The van der Waals surface area contributed by atoms with Crippen molar-refractivity contribution in [2.75, 3.05) is 10.6 Å². The second kappa shape index (κ2) is 10.7. The number of rotatable bonds is 6. The Hall–Kier alpha value is -4.73. The van der Waals surface area contributed by atoms with Crippen molar-refractivity contribution in [3.63, 3.8) is 0 Å². The van der Waals surface area contributed by atoms with E-state index in [1.165, 1.54) is 18.2 Å². The standard InChI is InChI=1S/C26H21F3N6O/c27-26(28,29)21-5-1-2-6-22(21)34-25(30)35-23-12-9-19(16-32-23)18-7-10-20(11-8-18)33-24(36)14-17-4-3-13-31-15-17/h1-13,15-16H,14H2,(H,33,36)(H3,30,32,34,35)/p+1. The molecule has 182 valence electrons. The average molecular weight is 491 g/mol. The van der Waals surface area contributed by atoms with Crippen LogP contribution in [0.3, 0.4) is 0 Å². The Labute approximate surface area is 204 Å². The Bertz CT molecular complexity index is 1360. The number of nitrogens with zero attached hydrogens (tertiary/aromatic N) is 2. The lowest BCUT2D eigenvalue weighted by atomic mass is 10.1. The lowest BCUT2D eigenvalue weighted by Crippen LogP contribution is -2.24. The SMILES string of the molecule is NC(=Nc1ccc(-c2ccc(NC(=O)Cc3cccnc3)cc2)c[nH+]1)Nc1ccccc1C(F)(F)F. The van der Waals surface area contributed by atoms with Crippen LogP contribution in [0.15, 0.2) is 96.4 Å². The number of halogens is 3. The van der Waals surface area contributed by atoms with E-state index in [0.29, 0.717) is 11.5 Å². The van der Waals surface area contributed by atoms with Crippen LogP contribution in [0.2, 0.25) is 0 Å². The summed E-state index contributed by atoms with van der Waals surface area (Å²) in [4.78, 5) is 23.3. The van der Waals surface area contributed by atoms with Crippen molar-refractivity contribution in [2.24, 2.45) is 10.7 Å². The van der Waals surface area contributed by atoms with E-state index in [1.54, 1.807) is 48.9 Å². The van der Waals surface area contributed by atoms with Gasteiger partial charge in [0.25, 0.3) is 0 Å². The van der Waals surface area contributed by atoms with E-state index in [9.17, 15) is 18.0 Å². The van der Waals surface area contributed by atoms with Crippen molar-refractivity contribution in [3.05, 3.63) is 103 Å². The van der Waals surface area contributed by atoms with Crippen molar-refractivity contribution >= 4 is 29.1 Å². The lowest BCUT2D eigenvalue weighted by molar-refractivity contribution is -0.361. The number of amides is 1. The van der Waals surface area contributed by atoms with Crippen molar-refractivity contribution in [2.45, 2.75) is 12.6 Å². The van der Waals surface area contributed by atoms with Gasteiger partial charge in [-0.3, -0.25) is 9.78 Å². The summed E-state index contributed by atoms with van der Waals surface area (Å²) in [5.74, 6) is 0.0185. The minimum Gasteiger partial charge on any atom is -0.348 e. The normalized spacial score (nSPS) is 11.7. The first-order chi connectivity index (χ1) is 17.3. The summed E-state index contributed by atoms with van der Waals surface area (Å²) >= 11 is 0. The Morgan fingerprint density at radius 2 is 1.69 bits per heavy atom. The van der Waals surface area contributed by atoms with Gasteiger partial charge in [0.1, 0.15) is 0 Å². The maximum Gasteiger partial charge on any atom is 0.418 e. The molecule has 0 aliphatic carbocycles. The molecule has 0 saturated carbocycles. The minimum absolute atomic E-state index is 0.143. The number of carbonyl (C=O) groups is 1. The van der Waals surface area contributed by atoms with Gasteiger partial charge >= 0.3 is 18.0 Å². The van der Waals surface area contributed by atoms with Gasteiger partial charge in [-0.1, -0.05) is 30.3 Å². The second-order valence-corrected chi connectivity index (χ2v) is 7.79. The molecule has 4 aromatic rings. The predicted molar refractivity (Wildman–Crippen MR) is 131 cm³/mol. The fourth-order valence-corrected chi connectivity index (χ4v) is 3.44. The van der Waals surface area contributed by atoms with E-state index in [4.69, 9.17) is 5.73 Å². The van der Waals surface area contributed by atoms with Crippen molar-refractivity contribution < 1.29 is 22.9 Å². The third kappa shape index (κ3) is 6.44. The number of guanidine groups is 1. The maximum absolute atomic E-state index is 13.2. The number of hydrogen-bond donors (Lipinski definition) is 3. The van der Waals surface area contributed by atoms with Crippen molar-refractivity contribution in [1.29, 1.82) is 0 Å². The minimum atomic E-state index is -4.52. The summed E-state index contributed by atoms with van der Waals surface area (Å²) in [6.07, 6.45) is 0.714. The zero-order valence-electron chi connectivity index (χ0n) is 18.9. The van der Waals surface area contributed by atoms with Crippen LogP contribution >= 0.6 is 0 Å². The number of benzene rings is 2. The molecule has 2 aromatic heterocycles. The van der Waals surface area contributed by atoms with E-state index in [-0.39, 0.29) is 24.0 Å². The number of nitrogens with two attached hydrogens (primary N) is 1. The summed E-state index contributed by atoms with van der Waals surface area (Å²) in [5, 5.41) is 5.35. The van der Waals surface area contributed by atoms with Gasteiger partial charge in [-0.2, -0.15) is 13.2 Å². The van der Waals surface area contributed by atoms with Crippen LogP contribution in [0.25, 0.3) is 11.1 Å². The molecule has 10 heteroatoms. The highest BCUT2D eigenvalue weighted by molar-refractivity contribution is 5.94. The van der Waals surface area contributed by atoms with Crippen LogP contribution in [-0.4, -0.2) is 16.9 Å². The molecule has 0 radical (unpaired) electrons.